The summed E-state index contributed by atoms with van der Waals surface area (Å²) in [5.74, 6) is 2.62. The van der Waals surface area contributed by atoms with Crippen LogP contribution in [0.5, 0.6) is 11.6 Å². The minimum Gasteiger partial charge on any atom is -0.486 e. The van der Waals surface area contributed by atoms with Gasteiger partial charge in [-0.1, -0.05) is 18.2 Å². The van der Waals surface area contributed by atoms with Crippen molar-refractivity contribution in [2.75, 3.05) is 19.7 Å². The van der Waals surface area contributed by atoms with Gasteiger partial charge in [0.25, 0.3) is 5.88 Å². The van der Waals surface area contributed by atoms with Crippen LogP contribution in [0.15, 0.2) is 40.9 Å². The van der Waals surface area contributed by atoms with Crippen molar-refractivity contribution < 1.29 is 14.0 Å². The van der Waals surface area contributed by atoms with Crippen LogP contribution in [0.4, 0.5) is 0 Å². The maximum Gasteiger partial charge on any atom is 0.254 e. The third-order valence-electron chi connectivity index (χ3n) is 3.59. The van der Waals surface area contributed by atoms with Gasteiger partial charge in [-0.15, -0.1) is 0 Å². The van der Waals surface area contributed by atoms with Gasteiger partial charge in [0.15, 0.2) is 5.76 Å². The molecule has 0 spiro atoms. The molecule has 0 radical (unpaired) electrons. The Labute approximate surface area is 124 Å². The number of nitrogens with one attached hydrogen (secondary N) is 1. The molecule has 0 saturated carbocycles. The van der Waals surface area contributed by atoms with E-state index in [1.54, 1.807) is 6.07 Å². The summed E-state index contributed by atoms with van der Waals surface area (Å²) in [6, 6.07) is 11.4. The van der Waals surface area contributed by atoms with Gasteiger partial charge >= 0.3 is 0 Å². The molecule has 112 valence electrons. The fraction of sp³-hybridized carbons (Fsp3) is 0.438. The SMILES string of the molecule is c1ccc(OCc2cc(OCC3CCNCC3)no2)cc1. The molecule has 1 N–H and O–H groups in total. The van der Waals surface area contributed by atoms with Crippen molar-refractivity contribution in [2.24, 2.45) is 5.92 Å². The average Bonchev–Trinajstić information content (AvgIpc) is 3.01. The second kappa shape index (κ2) is 7.13. The molecular weight excluding hydrogens is 268 g/mol. The topological polar surface area (TPSA) is 56.5 Å². The largest absolute Gasteiger partial charge is 0.486 e. The summed E-state index contributed by atoms with van der Waals surface area (Å²) in [5, 5.41) is 7.26. The van der Waals surface area contributed by atoms with Crippen molar-refractivity contribution in [2.45, 2.75) is 19.4 Å². The van der Waals surface area contributed by atoms with Gasteiger partial charge < -0.3 is 19.3 Å². The Morgan fingerprint density at radius 1 is 1.14 bits per heavy atom. The van der Waals surface area contributed by atoms with Crippen LogP contribution in [0.2, 0.25) is 0 Å². The molecule has 5 heteroatoms. The van der Waals surface area contributed by atoms with E-state index in [0.717, 1.165) is 31.7 Å². The Morgan fingerprint density at radius 2 is 1.95 bits per heavy atom. The molecular formula is C16H20N2O3. The molecule has 1 aliphatic heterocycles. The fourth-order valence-corrected chi connectivity index (χ4v) is 2.35. The number of aromatic nitrogens is 1. The molecule has 1 saturated heterocycles. The summed E-state index contributed by atoms with van der Waals surface area (Å²) < 4.78 is 16.5. The van der Waals surface area contributed by atoms with Gasteiger partial charge in [0.2, 0.25) is 0 Å². The predicted molar refractivity (Wildman–Crippen MR) is 78.4 cm³/mol. The highest BCUT2D eigenvalue weighted by atomic mass is 16.5. The molecule has 0 bridgehead atoms. The van der Waals surface area contributed by atoms with Crippen LogP contribution in [0.3, 0.4) is 0 Å². The average molecular weight is 288 g/mol. The Kier molecular flexibility index (Phi) is 4.74. The van der Waals surface area contributed by atoms with Crippen LogP contribution in [0.25, 0.3) is 0 Å². The molecule has 0 atom stereocenters. The van der Waals surface area contributed by atoms with Crippen molar-refractivity contribution in [3.8, 4) is 11.6 Å². The first-order chi connectivity index (χ1) is 10.4. The molecule has 1 aromatic carbocycles. The van der Waals surface area contributed by atoms with E-state index in [-0.39, 0.29) is 0 Å². The molecule has 0 aliphatic carbocycles. The number of nitrogens with zero attached hydrogens (tertiary/aromatic N) is 1. The Hall–Kier alpha value is -2.01. The molecule has 0 unspecified atom stereocenters. The summed E-state index contributed by atoms with van der Waals surface area (Å²) in [4.78, 5) is 0. The Balaban J connectivity index is 1.45. The highest BCUT2D eigenvalue weighted by Crippen LogP contribution is 2.18. The smallest absolute Gasteiger partial charge is 0.254 e. The number of ether oxygens (including phenoxy) is 2. The first kappa shape index (κ1) is 13.9. The minimum absolute atomic E-state index is 0.355. The van der Waals surface area contributed by atoms with Gasteiger partial charge in [-0.05, 0) is 49.1 Å². The van der Waals surface area contributed by atoms with E-state index in [9.17, 15) is 0 Å². The van der Waals surface area contributed by atoms with Gasteiger partial charge in [-0.3, -0.25) is 0 Å². The van der Waals surface area contributed by atoms with E-state index < -0.39 is 0 Å². The minimum atomic E-state index is 0.355. The quantitative estimate of drug-likeness (QED) is 0.885. The van der Waals surface area contributed by atoms with E-state index in [2.05, 4.69) is 10.5 Å². The molecule has 21 heavy (non-hydrogen) atoms. The van der Waals surface area contributed by atoms with Crippen LogP contribution in [-0.2, 0) is 6.61 Å². The van der Waals surface area contributed by atoms with Gasteiger partial charge in [0, 0.05) is 6.07 Å². The van der Waals surface area contributed by atoms with Crippen LogP contribution in [0, 0.1) is 5.92 Å². The van der Waals surface area contributed by atoms with Crippen LogP contribution >= 0.6 is 0 Å². The molecule has 2 heterocycles. The summed E-state index contributed by atoms with van der Waals surface area (Å²) >= 11 is 0. The summed E-state index contributed by atoms with van der Waals surface area (Å²) in [6.45, 7) is 3.20. The maximum absolute atomic E-state index is 5.69. The normalized spacial score (nSPS) is 15.8. The van der Waals surface area contributed by atoms with E-state index in [1.807, 2.05) is 30.3 Å². The van der Waals surface area contributed by atoms with Crippen LogP contribution in [0.1, 0.15) is 18.6 Å². The van der Waals surface area contributed by atoms with Crippen LogP contribution < -0.4 is 14.8 Å². The van der Waals surface area contributed by atoms with Crippen molar-refractivity contribution in [1.29, 1.82) is 0 Å². The summed E-state index contributed by atoms with van der Waals surface area (Å²) in [5.41, 5.74) is 0. The van der Waals surface area contributed by atoms with Gasteiger partial charge in [0.1, 0.15) is 12.4 Å². The van der Waals surface area contributed by atoms with Crippen molar-refractivity contribution in [3.63, 3.8) is 0 Å². The monoisotopic (exact) mass is 288 g/mol. The number of rotatable bonds is 6. The zero-order chi connectivity index (χ0) is 14.3. The summed E-state index contributed by atoms with van der Waals surface area (Å²) in [6.07, 6.45) is 2.31. The number of piperidine rings is 1. The maximum atomic E-state index is 5.69. The van der Waals surface area contributed by atoms with E-state index in [4.69, 9.17) is 14.0 Å². The highest BCUT2D eigenvalue weighted by Gasteiger charge is 2.14. The van der Waals surface area contributed by atoms with Crippen molar-refractivity contribution in [1.82, 2.24) is 10.5 Å². The lowest BCUT2D eigenvalue weighted by atomic mass is 9.99. The van der Waals surface area contributed by atoms with Gasteiger partial charge in [-0.2, -0.15) is 0 Å². The van der Waals surface area contributed by atoms with E-state index in [0.29, 0.717) is 30.8 Å². The first-order valence-electron chi connectivity index (χ1n) is 7.37. The van der Waals surface area contributed by atoms with Crippen molar-refractivity contribution >= 4 is 0 Å². The summed E-state index contributed by atoms with van der Waals surface area (Å²) in [7, 11) is 0. The lowest BCUT2D eigenvalue weighted by molar-refractivity contribution is 0.196. The number of hydrogen-bond acceptors (Lipinski definition) is 5. The predicted octanol–water partition coefficient (Wildman–Crippen LogP) is 2.63. The zero-order valence-electron chi connectivity index (χ0n) is 12.0. The molecule has 0 amide bonds. The second-order valence-electron chi connectivity index (χ2n) is 5.24. The molecule has 1 aromatic heterocycles. The third-order valence-corrected chi connectivity index (χ3v) is 3.59. The molecule has 1 fully saturated rings. The van der Waals surface area contributed by atoms with E-state index >= 15 is 0 Å². The standard InChI is InChI=1S/C16H20N2O3/c1-2-4-14(5-3-1)19-12-15-10-16(18-21-15)20-11-13-6-8-17-9-7-13/h1-5,10,13,17H,6-9,11-12H2. The number of para-hydroxylation sites is 1. The molecule has 1 aliphatic rings. The second-order valence-corrected chi connectivity index (χ2v) is 5.24. The lowest BCUT2D eigenvalue weighted by Gasteiger charge is -2.21. The molecule has 3 rings (SSSR count). The Bertz CT molecular complexity index is 535. The molecule has 5 nitrogen and oxygen atoms in total. The highest BCUT2D eigenvalue weighted by molar-refractivity contribution is 5.21. The third kappa shape index (κ3) is 4.23. The van der Waals surface area contributed by atoms with Crippen molar-refractivity contribution in [3.05, 3.63) is 42.2 Å². The van der Waals surface area contributed by atoms with Gasteiger partial charge in [0.05, 0.1) is 6.61 Å². The fourth-order valence-electron chi connectivity index (χ4n) is 2.35. The first-order valence-corrected chi connectivity index (χ1v) is 7.37. The Morgan fingerprint density at radius 3 is 2.76 bits per heavy atom. The molecule has 2 aromatic rings. The lowest BCUT2D eigenvalue weighted by Crippen LogP contribution is -2.30. The van der Waals surface area contributed by atoms with Crippen LogP contribution in [-0.4, -0.2) is 24.9 Å². The van der Waals surface area contributed by atoms with E-state index in [1.165, 1.54) is 0 Å². The zero-order valence-corrected chi connectivity index (χ0v) is 12.0. The number of hydrogen-bond donors (Lipinski definition) is 1. The number of benzene rings is 1. The van der Waals surface area contributed by atoms with Gasteiger partial charge in [-0.25, -0.2) is 0 Å².